The first-order valence-electron chi connectivity index (χ1n) is 6.03. The van der Waals surface area contributed by atoms with Crippen LogP contribution in [-0.4, -0.2) is 46.8 Å². The summed E-state index contributed by atoms with van der Waals surface area (Å²) < 4.78 is 36.6. The van der Waals surface area contributed by atoms with Crippen molar-refractivity contribution in [3.8, 4) is 0 Å². The molecule has 2 rings (SSSR count). The number of aromatic nitrogens is 2. The number of nitrogens with zero attached hydrogens (tertiary/aromatic N) is 2. The second-order valence-corrected chi connectivity index (χ2v) is 4.63. The van der Waals surface area contributed by atoms with E-state index >= 15 is 0 Å². The highest BCUT2D eigenvalue weighted by Gasteiger charge is 2.33. The third kappa shape index (κ3) is 4.23. The molecule has 0 saturated carbocycles. The summed E-state index contributed by atoms with van der Waals surface area (Å²) in [5.41, 5.74) is 0. The van der Waals surface area contributed by atoms with E-state index in [1.54, 1.807) is 6.07 Å². The molecule has 2 N–H and O–H groups in total. The molecule has 0 bridgehead atoms. The van der Waals surface area contributed by atoms with Gasteiger partial charge in [-0.2, -0.15) is 18.3 Å². The van der Waals surface area contributed by atoms with Gasteiger partial charge < -0.3 is 5.32 Å². The molecule has 106 valence electrons. The zero-order valence-electron chi connectivity index (χ0n) is 10.2. The molecule has 0 spiro atoms. The quantitative estimate of drug-likeness (QED) is 0.882. The van der Waals surface area contributed by atoms with E-state index in [1.165, 1.54) is 11.1 Å². The number of amides is 1. The Hall–Kier alpha value is -1.57. The van der Waals surface area contributed by atoms with Crippen LogP contribution in [0.5, 0.6) is 0 Å². The molecule has 1 aromatic rings. The van der Waals surface area contributed by atoms with Crippen molar-refractivity contribution in [1.29, 1.82) is 0 Å². The molecule has 5 nitrogen and oxygen atoms in total. The highest BCUT2D eigenvalue weighted by atomic mass is 19.4. The number of halogens is 3. The van der Waals surface area contributed by atoms with Gasteiger partial charge in [0.1, 0.15) is 5.82 Å². The third-order valence-corrected chi connectivity index (χ3v) is 3.12. The van der Waals surface area contributed by atoms with Gasteiger partial charge in [0, 0.05) is 12.0 Å². The van der Waals surface area contributed by atoms with Gasteiger partial charge in [-0.15, -0.1) is 0 Å². The standard InChI is InChI=1S/C11H15F3N4O/c12-11(13,14)7-18-5-2-8(3-6-18)10(19)16-9-1-4-15-17-9/h1,4,8H,2-3,5-7H2,(H2,15,16,17,19). The smallest absolute Gasteiger partial charge is 0.311 e. The molecule has 19 heavy (non-hydrogen) atoms. The fraction of sp³-hybridized carbons (Fsp3) is 0.636. The Balaban J connectivity index is 1.78. The molecule has 1 amide bonds. The first-order valence-corrected chi connectivity index (χ1v) is 6.03. The van der Waals surface area contributed by atoms with Crippen LogP contribution in [0.1, 0.15) is 12.8 Å². The van der Waals surface area contributed by atoms with Crippen molar-refractivity contribution >= 4 is 11.7 Å². The van der Waals surface area contributed by atoms with Gasteiger partial charge in [-0.05, 0) is 25.9 Å². The van der Waals surface area contributed by atoms with Gasteiger partial charge >= 0.3 is 6.18 Å². The van der Waals surface area contributed by atoms with Crippen molar-refractivity contribution in [2.45, 2.75) is 19.0 Å². The van der Waals surface area contributed by atoms with E-state index in [2.05, 4.69) is 15.5 Å². The molecular weight excluding hydrogens is 261 g/mol. The van der Waals surface area contributed by atoms with Crippen molar-refractivity contribution in [2.75, 3.05) is 25.0 Å². The molecular formula is C11H15F3N4O. The number of piperidine rings is 1. The molecule has 2 heterocycles. The Bertz CT molecular complexity index is 410. The number of anilines is 1. The number of hydrogen-bond acceptors (Lipinski definition) is 3. The predicted octanol–water partition coefficient (Wildman–Crippen LogP) is 1.62. The monoisotopic (exact) mass is 276 g/mol. The molecule has 0 aliphatic carbocycles. The average molecular weight is 276 g/mol. The summed E-state index contributed by atoms with van der Waals surface area (Å²) in [5.74, 6) is 0.0893. The number of carbonyl (C=O) groups is 1. The van der Waals surface area contributed by atoms with Crippen molar-refractivity contribution in [2.24, 2.45) is 5.92 Å². The normalized spacial score (nSPS) is 18.5. The van der Waals surface area contributed by atoms with Crippen LogP contribution in [0.4, 0.5) is 19.0 Å². The molecule has 1 aliphatic heterocycles. The summed E-state index contributed by atoms with van der Waals surface area (Å²) in [6.07, 6.45) is -1.78. The van der Waals surface area contributed by atoms with E-state index in [4.69, 9.17) is 0 Å². The molecule has 0 unspecified atom stereocenters. The van der Waals surface area contributed by atoms with E-state index in [1.807, 2.05) is 0 Å². The maximum absolute atomic E-state index is 12.2. The summed E-state index contributed by atoms with van der Waals surface area (Å²) in [6.45, 7) is -0.316. The van der Waals surface area contributed by atoms with Crippen LogP contribution in [-0.2, 0) is 4.79 Å². The van der Waals surface area contributed by atoms with E-state index in [-0.39, 0.29) is 11.8 Å². The lowest BCUT2D eigenvalue weighted by Gasteiger charge is -2.31. The summed E-state index contributed by atoms with van der Waals surface area (Å²) >= 11 is 0. The minimum atomic E-state index is -4.18. The Kier molecular flexibility index (Phi) is 4.08. The first-order chi connectivity index (χ1) is 8.94. The minimum absolute atomic E-state index is 0.170. The molecule has 0 atom stereocenters. The largest absolute Gasteiger partial charge is 0.401 e. The number of aromatic amines is 1. The summed E-state index contributed by atoms with van der Waals surface area (Å²) in [7, 11) is 0. The lowest BCUT2D eigenvalue weighted by Crippen LogP contribution is -2.42. The van der Waals surface area contributed by atoms with Gasteiger partial charge in [0.15, 0.2) is 0 Å². The molecule has 1 aliphatic rings. The second kappa shape index (κ2) is 5.60. The van der Waals surface area contributed by atoms with Crippen LogP contribution in [0.3, 0.4) is 0 Å². The first kappa shape index (κ1) is 13.9. The maximum atomic E-state index is 12.2. The molecule has 1 aromatic heterocycles. The number of rotatable bonds is 3. The molecule has 0 aromatic carbocycles. The lowest BCUT2D eigenvalue weighted by molar-refractivity contribution is -0.149. The number of carbonyl (C=O) groups excluding carboxylic acids is 1. The summed E-state index contributed by atoms with van der Waals surface area (Å²) in [4.78, 5) is 13.2. The Morgan fingerprint density at radius 3 is 2.68 bits per heavy atom. The predicted molar refractivity (Wildman–Crippen MR) is 62.4 cm³/mol. The highest BCUT2D eigenvalue weighted by molar-refractivity contribution is 5.91. The maximum Gasteiger partial charge on any atom is 0.401 e. The molecule has 0 radical (unpaired) electrons. The van der Waals surface area contributed by atoms with Crippen LogP contribution >= 0.6 is 0 Å². The van der Waals surface area contributed by atoms with E-state index in [0.717, 1.165) is 0 Å². The van der Waals surface area contributed by atoms with Crippen LogP contribution in [0, 0.1) is 5.92 Å². The zero-order valence-corrected chi connectivity index (χ0v) is 10.2. The van der Waals surface area contributed by atoms with Gasteiger partial charge in [-0.25, -0.2) is 0 Å². The van der Waals surface area contributed by atoms with Gasteiger partial charge in [0.2, 0.25) is 5.91 Å². The average Bonchev–Trinajstić information content (AvgIpc) is 2.80. The SMILES string of the molecule is O=C(Nc1ccn[nH]1)C1CCN(CC(F)(F)F)CC1. The number of nitrogens with one attached hydrogen (secondary N) is 2. The van der Waals surface area contributed by atoms with Gasteiger partial charge in [-0.3, -0.25) is 14.8 Å². The van der Waals surface area contributed by atoms with Crippen LogP contribution in [0.25, 0.3) is 0 Å². The van der Waals surface area contributed by atoms with Crippen LogP contribution < -0.4 is 5.32 Å². The van der Waals surface area contributed by atoms with Crippen molar-refractivity contribution < 1.29 is 18.0 Å². The minimum Gasteiger partial charge on any atom is -0.311 e. The van der Waals surface area contributed by atoms with Crippen molar-refractivity contribution in [3.63, 3.8) is 0 Å². The van der Waals surface area contributed by atoms with Crippen molar-refractivity contribution in [3.05, 3.63) is 12.3 Å². The highest BCUT2D eigenvalue weighted by Crippen LogP contribution is 2.23. The lowest BCUT2D eigenvalue weighted by atomic mass is 9.96. The number of alkyl halides is 3. The van der Waals surface area contributed by atoms with E-state index in [0.29, 0.717) is 31.7 Å². The van der Waals surface area contributed by atoms with Gasteiger partial charge in [0.25, 0.3) is 0 Å². The third-order valence-electron chi connectivity index (χ3n) is 3.12. The Labute approximate surface area is 108 Å². The fourth-order valence-electron chi connectivity index (χ4n) is 2.17. The van der Waals surface area contributed by atoms with E-state index < -0.39 is 12.7 Å². The molecule has 1 fully saturated rings. The van der Waals surface area contributed by atoms with Gasteiger partial charge in [0.05, 0.1) is 12.7 Å². The van der Waals surface area contributed by atoms with Crippen LogP contribution in [0.2, 0.25) is 0 Å². The zero-order chi connectivity index (χ0) is 13.9. The Morgan fingerprint density at radius 1 is 1.47 bits per heavy atom. The number of H-pyrrole nitrogens is 1. The molecule has 8 heteroatoms. The van der Waals surface area contributed by atoms with Crippen LogP contribution in [0.15, 0.2) is 12.3 Å². The van der Waals surface area contributed by atoms with Crippen molar-refractivity contribution in [1.82, 2.24) is 15.1 Å². The number of likely N-dealkylation sites (tertiary alicyclic amines) is 1. The Morgan fingerprint density at radius 2 is 2.16 bits per heavy atom. The fourth-order valence-corrected chi connectivity index (χ4v) is 2.17. The van der Waals surface area contributed by atoms with E-state index in [9.17, 15) is 18.0 Å². The summed E-state index contributed by atoms with van der Waals surface area (Å²) in [6, 6.07) is 1.62. The topological polar surface area (TPSA) is 61.0 Å². The molecule has 1 saturated heterocycles. The van der Waals surface area contributed by atoms with Gasteiger partial charge in [-0.1, -0.05) is 0 Å². The summed E-state index contributed by atoms with van der Waals surface area (Å²) in [5, 5.41) is 8.96. The second-order valence-electron chi connectivity index (χ2n) is 4.63. The number of hydrogen-bond donors (Lipinski definition) is 2.